The third kappa shape index (κ3) is 3.01. The summed E-state index contributed by atoms with van der Waals surface area (Å²) in [6.07, 6.45) is 2.35. The van der Waals surface area contributed by atoms with Crippen LogP contribution in [0.3, 0.4) is 0 Å². The van der Waals surface area contributed by atoms with Crippen molar-refractivity contribution in [3.63, 3.8) is 0 Å². The third-order valence-corrected chi connectivity index (χ3v) is 4.71. The molecule has 12 nitrogen and oxygen atoms in total. The normalized spacial score (nSPS) is 19.5. The van der Waals surface area contributed by atoms with Gasteiger partial charge in [0.2, 0.25) is 5.95 Å². The van der Waals surface area contributed by atoms with Gasteiger partial charge in [-0.1, -0.05) is 0 Å². The molecule has 2 aromatic heterocycles. The minimum Gasteiger partial charge on any atom is -0.379 e. The van der Waals surface area contributed by atoms with Crippen LogP contribution in [0.5, 0.6) is 0 Å². The van der Waals surface area contributed by atoms with Crippen molar-refractivity contribution in [3.8, 4) is 0 Å². The molecule has 1 saturated heterocycles. The maximum atomic E-state index is 11.9. The van der Waals surface area contributed by atoms with Gasteiger partial charge in [-0.15, -0.1) is 0 Å². The fraction of sp³-hybridized carbons (Fsp3) is 0.438. The summed E-state index contributed by atoms with van der Waals surface area (Å²) < 4.78 is 7.67. The number of rotatable bonds is 7. The van der Waals surface area contributed by atoms with E-state index >= 15 is 0 Å². The lowest BCUT2D eigenvalue weighted by atomic mass is 10.1. The van der Waals surface area contributed by atoms with E-state index in [0.29, 0.717) is 31.7 Å². The van der Waals surface area contributed by atoms with E-state index in [1.165, 1.54) is 6.33 Å². The number of nitrogens with zero attached hydrogens (tertiary/aromatic N) is 3. The minimum atomic E-state index is -0.548. The van der Waals surface area contributed by atoms with Gasteiger partial charge in [0.25, 0.3) is 16.4 Å². The highest BCUT2D eigenvalue weighted by atomic mass is 16.5. The number of imidazole rings is 1. The lowest BCUT2D eigenvalue weighted by Gasteiger charge is -2.18. The smallest absolute Gasteiger partial charge is 0.280 e. The average molecular weight is 388 g/mol. The van der Waals surface area contributed by atoms with Crippen LogP contribution in [-0.2, 0) is 4.74 Å². The van der Waals surface area contributed by atoms with Crippen LogP contribution in [0.1, 0.15) is 19.1 Å². The Kier molecular flexibility index (Phi) is 4.57. The number of H-pyrrole nitrogens is 1. The highest BCUT2D eigenvalue weighted by Gasteiger charge is 2.29. The Hall–Kier alpha value is -3.25. The Bertz CT molecular complexity index is 1140. The van der Waals surface area contributed by atoms with Crippen molar-refractivity contribution in [2.75, 3.05) is 36.0 Å². The molecule has 0 saturated carbocycles. The first-order valence-corrected chi connectivity index (χ1v) is 8.88. The Labute approximate surface area is 157 Å². The minimum absolute atomic E-state index is 0.00747. The van der Waals surface area contributed by atoms with E-state index in [4.69, 9.17) is 16.2 Å². The van der Waals surface area contributed by atoms with Crippen LogP contribution in [0.15, 0.2) is 20.7 Å². The number of hydrogen-bond donors (Lipinski definition) is 5. The van der Waals surface area contributed by atoms with Crippen LogP contribution in [0, 0.1) is 0 Å². The number of aromatic amines is 1. The molecular formula is C16H20N8O4. The summed E-state index contributed by atoms with van der Waals surface area (Å²) in [6.45, 7) is 1.12. The number of nitrogens with one attached hydrogen (secondary N) is 3. The van der Waals surface area contributed by atoms with Gasteiger partial charge in [-0.25, -0.2) is 4.98 Å². The summed E-state index contributed by atoms with van der Waals surface area (Å²) in [4.78, 5) is 45.9. The molecule has 2 unspecified atom stereocenters. The molecule has 7 N–H and O–H groups in total. The van der Waals surface area contributed by atoms with Gasteiger partial charge in [-0.2, -0.15) is 4.98 Å². The van der Waals surface area contributed by atoms with E-state index < -0.39 is 16.4 Å². The summed E-state index contributed by atoms with van der Waals surface area (Å²) in [5.74, 6) is 0.00747. The van der Waals surface area contributed by atoms with E-state index in [1.807, 2.05) is 0 Å². The number of nitrogen functional groups attached to an aromatic ring is 1. The molecule has 3 aromatic rings. The van der Waals surface area contributed by atoms with E-state index in [0.717, 1.165) is 6.42 Å². The van der Waals surface area contributed by atoms with E-state index in [2.05, 4.69) is 25.6 Å². The summed E-state index contributed by atoms with van der Waals surface area (Å²) in [5.41, 5.74) is 10.6. The van der Waals surface area contributed by atoms with E-state index in [9.17, 15) is 14.4 Å². The molecule has 12 heteroatoms. The van der Waals surface area contributed by atoms with Crippen molar-refractivity contribution in [3.05, 3.63) is 37.1 Å². The number of ether oxygens (including phenoxy) is 1. The molecule has 3 heterocycles. The van der Waals surface area contributed by atoms with Crippen LogP contribution in [-0.4, -0.2) is 45.3 Å². The fourth-order valence-electron chi connectivity index (χ4n) is 3.34. The fourth-order valence-corrected chi connectivity index (χ4v) is 3.34. The lowest BCUT2D eigenvalue weighted by molar-refractivity contribution is 0.0105. The Morgan fingerprint density at radius 1 is 1.21 bits per heavy atom. The molecular weight excluding hydrogens is 368 g/mol. The number of nitrogens with two attached hydrogens (primary N) is 2. The van der Waals surface area contributed by atoms with Gasteiger partial charge in [0.1, 0.15) is 17.6 Å². The SMILES string of the molecule is NCCNc1c(NCC2CCC(n3cnc4c(=O)[nH]c(N)nc43)O2)c(=O)c1=O. The molecule has 0 radical (unpaired) electrons. The molecule has 0 amide bonds. The molecule has 1 aliphatic heterocycles. The average Bonchev–Trinajstić information content (AvgIpc) is 3.30. The monoisotopic (exact) mass is 388 g/mol. The van der Waals surface area contributed by atoms with Gasteiger partial charge in [0.05, 0.1) is 12.4 Å². The number of aromatic nitrogens is 4. The Balaban J connectivity index is 1.43. The molecule has 0 spiro atoms. The second-order valence-electron chi connectivity index (χ2n) is 6.57. The maximum absolute atomic E-state index is 11.9. The van der Waals surface area contributed by atoms with Gasteiger partial charge in [0, 0.05) is 19.6 Å². The van der Waals surface area contributed by atoms with Gasteiger partial charge in [-0.3, -0.25) is 23.9 Å². The summed E-state index contributed by atoms with van der Waals surface area (Å²) in [5, 5.41) is 5.84. The zero-order valence-corrected chi connectivity index (χ0v) is 14.9. The lowest BCUT2D eigenvalue weighted by Crippen LogP contribution is -2.39. The van der Waals surface area contributed by atoms with Crippen molar-refractivity contribution in [1.82, 2.24) is 19.5 Å². The molecule has 1 fully saturated rings. The maximum Gasteiger partial charge on any atom is 0.280 e. The predicted molar refractivity (Wildman–Crippen MR) is 103 cm³/mol. The van der Waals surface area contributed by atoms with Crippen LogP contribution >= 0.6 is 0 Å². The quantitative estimate of drug-likeness (QED) is 0.297. The van der Waals surface area contributed by atoms with Gasteiger partial charge in [-0.05, 0) is 12.8 Å². The summed E-state index contributed by atoms with van der Waals surface area (Å²) in [7, 11) is 0. The summed E-state index contributed by atoms with van der Waals surface area (Å²) in [6, 6.07) is 0. The van der Waals surface area contributed by atoms with Crippen molar-refractivity contribution in [2.24, 2.45) is 5.73 Å². The van der Waals surface area contributed by atoms with E-state index in [1.54, 1.807) is 4.57 Å². The van der Waals surface area contributed by atoms with Crippen molar-refractivity contribution < 1.29 is 4.74 Å². The van der Waals surface area contributed by atoms with Crippen LogP contribution in [0.4, 0.5) is 17.3 Å². The van der Waals surface area contributed by atoms with Crippen LogP contribution in [0.25, 0.3) is 11.2 Å². The molecule has 28 heavy (non-hydrogen) atoms. The summed E-state index contributed by atoms with van der Waals surface area (Å²) >= 11 is 0. The number of hydrogen-bond acceptors (Lipinski definition) is 10. The van der Waals surface area contributed by atoms with Crippen LogP contribution < -0.4 is 38.5 Å². The molecule has 4 rings (SSSR count). The van der Waals surface area contributed by atoms with E-state index in [-0.39, 0.29) is 35.2 Å². The number of anilines is 3. The van der Waals surface area contributed by atoms with Crippen molar-refractivity contribution >= 4 is 28.5 Å². The highest BCUT2D eigenvalue weighted by Crippen LogP contribution is 2.30. The first-order chi connectivity index (χ1) is 13.5. The molecule has 0 bridgehead atoms. The van der Waals surface area contributed by atoms with Crippen molar-refractivity contribution in [2.45, 2.75) is 25.2 Å². The predicted octanol–water partition coefficient (Wildman–Crippen LogP) is -1.54. The van der Waals surface area contributed by atoms with Crippen molar-refractivity contribution in [1.29, 1.82) is 0 Å². The second-order valence-corrected chi connectivity index (χ2v) is 6.57. The Morgan fingerprint density at radius 2 is 1.96 bits per heavy atom. The number of fused-ring (bicyclic) bond motifs is 1. The molecule has 148 valence electrons. The molecule has 2 atom stereocenters. The van der Waals surface area contributed by atoms with Gasteiger partial charge >= 0.3 is 0 Å². The molecule has 0 aliphatic carbocycles. The first kappa shape index (κ1) is 18.1. The zero-order valence-electron chi connectivity index (χ0n) is 14.9. The molecule has 1 aliphatic rings. The zero-order chi connectivity index (χ0) is 19.8. The van der Waals surface area contributed by atoms with Gasteiger partial charge < -0.3 is 26.8 Å². The highest BCUT2D eigenvalue weighted by molar-refractivity contribution is 5.74. The third-order valence-electron chi connectivity index (χ3n) is 4.71. The van der Waals surface area contributed by atoms with Gasteiger partial charge in [0.15, 0.2) is 11.2 Å². The largest absolute Gasteiger partial charge is 0.379 e. The Morgan fingerprint density at radius 3 is 2.71 bits per heavy atom. The first-order valence-electron chi connectivity index (χ1n) is 8.88. The molecule has 1 aromatic carbocycles. The topological polar surface area (TPSA) is 183 Å². The standard InChI is InChI=1S/C16H20N8O4/c17-3-4-19-9-10(13(26)12(9)25)20-5-7-1-2-8(28-7)24-6-21-11-14(24)22-16(18)23-15(11)27/h6-8,19-20H,1-5,17H2,(H3,18,22,23,27). The second kappa shape index (κ2) is 7.05. The van der Waals surface area contributed by atoms with Crippen LogP contribution in [0.2, 0.25) is 0 Å².